The minimum absolute atomic E-state index is 0.299. The Balaban J connectivity index is 3.46. The zero-order valence-corrected chi connectivity index (χ0v) is 10.8. The first-order valence-corrected chi connectivity index (χ1v) is 6.88. The molecule has 0 aromatic carbocycles. The SMILES string of the molecule is CSCCC(C)N(C)CCCCC(=O)O. The molecule has 0 aliphatic rings. The fraction of sp³-hybridized carbons (Fsp3) is 0.909. The number of nitrogens with zero attached hydrogens (tertiary/aromatic N) is 1. The highest BCUT2D eigenvalue weighted by atomic mass is 32.2. The topological polar surface area (TPSA) is 40.5 Å². The van der Waals surface area contributed by atoms with Gasteiger partial charge in [0.15, 0.2) is 0 Å². The van der Waals surface area contributed by atoms with Gasteiger partial charge < -0.3 is 10.0 Å². The Labute approximate surface area is 97.2 Å². The molecule has 0 aromatic rings. The summed E-state index contributed by atoms with van der Waals surface area (Å²) in [6.45, 7) is 3.23. The van der Waals surface area contributed by atoms with Gasteiger partial charge in [-0.15, -0.1) is 0 Å². The molecular formula is C11H23NO2S. The summed E-state index contributed by atoms with van der Waals surface area (Å²) in [5, 5.41) is 8.49. The fourth-order valence-corrected chi connectivity index (χ4v) is 1.94. The van der Waals surface area contributed by atoms with Crippen molar-refractivity contribution in [3.8, 4) is 0 Å². The molecule has 0 saturated carbocycles. The number of unbranched alkanes of at least 4 members (excludes halogenated alkanes) is 1. The van der Waals surface area contributed by atoms with Crippen LogP contribution >= 0.6 is 11.8 Å². The summed E-state index contributed by atoms with van der Waals surface area (Å²) < 4.78 is 0. The second kappa shape index (κ2) is 9.04. The lowest BCUT2D eigenvalue weighted by Crippen LogP contribution is -2.30. The van der Waals surface area contributed by atoms with E-state index < -0.39 is 5.97 Å². The Kier molecular flexibility index (Phi) is 8.91. The number of rotatable bonds is 9. The molecule has 0 aliphatic heterocycles. The third kappa shape index (κ3) is 8.75. The maximum atomic E-state index is 10.3. The average Bonchev–Trinajstić information content (AvgIpc) is 2.20. The summed E-state index contributed by atoms with van der Waals surface area (Å²) in [5.74, 6) is 0.508. The molecule has 0 fully saturated rings. The lowest BCUT2D eigenvalue weighted by molar-refractivity contribution is -0.137. The highest BCUT2D eigenvalue weighted by molar-refractivity contribution is 7.98. The molecule has 0 spiro atoms. The van der Waals surface area contributed by atoms with Gasteiger partial charge in [0, 0.05) is 12.5 Å². The monoisotopic (exact) mass is 233 g/mol. The number of carboxylic acids is 1. The van der Waals surface area contributed by atoms with Gasteiger partial charge in [0.05, 0.1) is 0 Å². The van der Waals surface area contributed by atoms with Crippen molar-refractivity contribution in [2.75, 3.05) is 25.6 Å². The van der Waals surface area contributed by atoms with Crippen LogP contribution in [0.3, 0.4) is 0 Å². The molecule has 0 aliphatic carbocycles. The molecule has 90 valence electrons. The summed E-state index contributed by atoms with van der Waals surface area (Å²) in [7, 11) is 2.12. The smallest absolute Gasteiger partial charge is 0.303 e. The summed E-state index contributed by atoms with van der Waals surface area (Å²) in [4.78, 5) is 12.6. The van der Waals surface area contributed by atoms with Gasteiger partial charge in [0.1, 0.15) is 0 Å². The normalized spacial score (nSPS) is 13.1. The number of carboxylic acid groups (broad SMARTS) is 1. The van der Waals surface area contributed by atoms with Crippen molar-refractivity contribution >= 4 is 17.7 Å². The van der Waals surface area contributed by atoms with Gasteiger partial charge in [0.25, 0.3) is 0 Å². The van der Waals surface area contributed by atoms with Crippen LogP contribution in [-0.4, -0.2) is 47.6 Å². The van der Waals surface area contributed by atoms with Crippen LogP contribution in [0.1, 0.15) is 32.6 Å². The maximum absolute atomic E-state index is 10.3. The van der Waals surface area contributed by atoms with Crippen molar-refractivity contribution in [1.29, 1.82) is 0 Å². The largest absolute Gasteiger partial charge is 0.481 e. The zero-order chi connectivity index (χ0) is 11.7. The molecule has 0 rings (SSSR count). The van der Waals surface area contributed by atoms with E-state index in [1.165, 1.54) is 12.2 Å². The van der Waals surface area contributed by atoms with Crippen LogP contribution < -0.4 is 0 Å². The first-order chi connectivity index (χ1) is 7.07. The third-order valence-electron chi connectivity index (χ3n) is 2.64. The van der Waals surface area contributed by atoms with Crippen LogP contribution in [0.5, 0.6) is 0 Å². The van der Waals surface area contributed by atoms with Gasteiger partial charge >= 0.3 is 5.97 Å². The van der Waals surface area contributed by atoms with Gasteiger partial charge in [-0.2, -0.15) is 11.8 Å². The van der Waals surface area contributed by atoms with Gasteiger partial charge in [-0.05, 0) is 51.8 Å². The van der Waals surface area contributed by atoms with Gasteiger partial charge in [-0.1, -0.05) is 0 Å². The molecule has 1 N–H and O–H groups in total. The summed E-state index contributed by atoms with van der Waals surface area (Å²) in [5.41, 5.74) is 0. The average molecular weight is 233 g/mol. The quantitative estimate of drug-likeness (QED) is 0.620. The molecule has 0 amide bonds. The highest BCUT2D eigenvalue weighted by Crippen LogP contribution is 2.07. The molecule has 15 heavy (non-hydrogen) atoms. The van der Waals surface area contributed by atoms with E-state index in [1.807, 2.05) is 11.8 Å². The van der Waals surface area contributed by atoms with E-state index in [9.17, 15) is 4.79 Å². The molecule has 4 heteroatoms. The number of carbonyl (C=O) groups is 1. The van der Waals surface area contributed by atoms with Crippen LogP contribution in [0.2, 0.25) is 0 Å². The molecular weight excluding hydrogens is 210 g/mol. The first kappa shape index (κ1) is 14.8. The summed E-state index contributed by atoms with van der Waals surface area (Å²) in [6, 6.07) is 0.599. The third-order valence-corrected chi connectivity index (χ3v) is 3.29. The van der Waals surface area contributed by atoms with E-state index in [2.05, 4.69) is 25.1 Å². The summed E-state index contributed by atoms with van der Waals surface area (Å²) >= 11 is 1.88. The number of thioether (sulfide) groups is 1. The van der Waals surface area contributed by atoms with E-state index in [0.29, 0.717) is 12.5 Å². The molecule has 1 atom stereocenters. The van der Waals surface area contributed by atoms with E-state index in [-0.39, 0.29) is 0 Å². The van der Waals surface area contributed by atoms with Crippen molar-refractivity contribution in [3.63, 3.8) is 0 Å². The van der Waals surface area contributed by atoms with E-state index in [4.69, 9.17) is 5.11 Å². The second-order valence-electron chi connectivity index (χ2n) is 3.96. The van der Waals surface area contributed by atoms with Crippen LogP contribution in [-0.2, 0) is 4.79 Å². The fourth-order valence-electron chi connectivity index (χ4n) is 1.37. The zero-order valence-electron chi connectivity index (χ0n) is 10.0. The Morgan fingerprint density at radius 2 is 2.13 bits per heavy atom. The predicted octanol–water partition coefficient (Wildman–Crippen LogP) is 2.31. The first-order valence-electron chi connectivity index (χ1n) is 5.49. The molecule has 0 heterocycles. The molecule has 0 bridgehead atoms. The minimum atomic E-state index is -0.687. The summed E-state index contributed by atoms with van der Waals surface area (Å²) in [6.07, 6.45) is 5.39. The van der Waals surface area contributed by atoms with Crippen molar-refractivity contribution in [3.05, 3.63) is 0 Å². The Morgan fingerprint density at radius 3 is 2.67 bits per heavy atom. The van der Waals surface area contributed by atoms with Crippen molar-refractivity contribution in [2.45, 2.75) is 38.6 Å². The van der Waals surface area contributed by atoms with Crippen LogP contribution in [0, 0.1) is 0 Å². The Bertz CT molecular complexity index is 176. The van der Waals surface area contributed by atoms with Crippen molar-refractivity contribution in [2.24, 2.45) is 0 Å². The molecule has 3 nitrogen and oxygen atoms in total. The van der Waals surface area contributed by atoms with Crippen LogP contribution in [0.4, 0.5) is 0 Å². The Hall–Kier alpha value is -0.220. The lowest BCUT2D eigenvalue weighted by Gasteiger charge is -2.24. The van der Waals surface area contributed by atoms with Gasteiger partial charge in [0.2, 0.25) is 0 Å². The molecule has 1 unspecified atom stereocenters. The van der Waals surface area contributed by atoms with E-state index in [1.54, 1.807) is 0 Å². The molecule has 0 aromatic heterocycles. The van der Waals surface area contributed by atoms with E-state index >= 15 is 0 Å². The van der Waals surface area contributed by atoms with E-state index in [0.717, 1.165) is 19.4 Å². The Morgan fingerprint density at radius 1 is 1.47 bits per heavy atom. The molecule has 0 radical (unpaired) electrons. The lowest BCUT2D eigenvalue weighted by atomic mass is 10.2. The van der Waals surface area contributed by atoms with Crippen molar-refractivity contribution < 1.29 is 9.90 Å². The van der Waals surface area contributed by atoms with Gasteiger partial charge in [-0.3, -0.25) is 4.79 Å². The number of aliphatic carboxylic acids is 1. The predicted molar refractivity (Wildman–Crippen MR) is 66.6 cm³/mol. The molecule has 0 saturated heterocycles. The minimum Gasteiger partial charge on any atom is -0.481 e. The van der Waals surface area contributed by atoms with Crippen LogP contribution in [0.25, 0.3) is 0 Å². The van der Waals surface area contributed by atoms with Crippen LogP contribution in [0.15, 0.2) is 0 Å². The number of hydrogen-bond acceptors (Lipinski definition) is 3. The maximum Gasteiger partial charge on any atom is 0.303 e. The van der Waals surface area contributed by atoms with Crippen molar-refractivity contribution in [1.82, 2.24) is 4.90 Å². The van der Waals surface area contributed by atoms with Gasteiger partial charge in [-0.25, -0.2) is 0 Å². The number of hydrogen-bond donors (Lipinski definition) is 1. The highest BCUT2D eigenvalue weighted by Gasteiger charge is 2.08. The second-order valence-corrected chi connectivity index (χ2v) is 4.95. The standard InChI is InChI=1S/C11H23NO2S/c1-10(7-9-15-3)12(2)8-5-4-6-11(13)14/h10H,4-9H2,1-3H3,(H,13,14).